The van der Waals surface area contributed by atoms with E-state index in [1.165, 1.54) is 6.26 Å². The molecule has 2 aromatic heterocycles. The summed E-state index contributed by atoms with van der Waals surface area (Å²) in [7, 11) is 3.19. The number of ether oxygens (including phenoxy) is 2. The van der Waals surface area contributed by atoms with E-state index in [2.05, 4.69) is 5.43 Å². The van der Waals surface area contributed by atoms with E-state index in [1.54, 1.807) is 42.7 Å². The Morgan fingerprint density at radius 3 is 2.67 bits per heavy atom. The zero-order valence-electron chi connectivity index (χ0n) is 14.8. The molecule has 1 aliphatic rings. The van der Waals surface area contributed by atoms with Crippen molar-refractivity contribution in [1.82, 2.24) is 10.4 Å². The second-order valence-corrected chi connectivity index (χ2v) is 6.85. The molecular weight excluding hydrogens is 364 g/mol. The maximum atomic E-state index is 12.9. The Balaban J connectivity index is 1.70. The summed E-state index contributed by atoms with van der Waals surface area (Å²) < 4.78 is 16.0. The van der Waals surface area contributed by atoms with Gasteiger partial charge in [0.1, 0.15) is 6.04 Å². The molecular formula is C20H18N2O4S. The van der Waals surface area contributed by atoms with Gasteiger partial charge in [-0.2, -0.15) is 0 Å². The molecule has 0 aliphatic carbocycles. The number of carbonyl (C=O) groups excluding carboxylic acids is 1. The van der Waals surface area contributed by atoms with E-state index in [1.807, 2.05) is 41.8 Å². The quantitative estimate of drug-likeness (QED) is 0.720. The van der Waals surface area contributed by atoms with Crippen LogP contribution in [0.15, 0.2) is 64.6 Å². The Morgan fingerprint density at radius 1 is 1.15 bits per heavy atom. The number of carbonyl (C=O) groups is 1. The average Bonchev–Trinajstić information content (AvgIpc) is 3.47. The van der Waals surface area contributed by atoms with Crippen molar-refractivity contribution in [2.75, 3.05) is 14.2 Å². The predicted molar refractivity (Wildman–Crippen MR) is 103 cm³/mol. The van der Waals surface area contributed by atoms with Gasteiger partial charge in [0.2, 0.25) is 0 Å². The maximum absolute atomic E-state index is 12.9. The minimum absolute atomic E-state index is 0.231. The van der Waals surface area contributed by atoms with Crippen LogP contribution in [0.2, 0.25) is 0 Å². The SMILES string of the molecule is COc1ccc(C2=C[C@@H](c3cccs3)N(C(=O)c3ccco3)N2)cc1OC. The van der Waals surface area contributed by atoms with Gasteiger partial charge in [-0.25, -0.2) is 5.01 Å². The van der Waals surface area contributed by atoms with Gasteiger partial charge in [0.15, 0.2) is 17.3 Å². The van der Waals surface area contributed by atoms with Gasteiger partial charge >= 0.3 is 5.91 Å². The third-order valence-electron chi connectivity index (χ3n) is 4.32. The molecule has 27 heavy (non-hydrogen) atoms. The minimum Gasteiger partial charge on any atom is -0.493 e. The first-order valence-electron chi connectivity index (χ1n) is 8.32. The molecule has 3 heterocycles. The average molecular weight is 382 g/mol. The summed E-state index contributed by atoms with van der Waals surface area (Å²) in [6.07, 6.45) is 3.51. The van der Waals surface area contributed by atoms with Crippen LogP contribution in [0, 0.1) is 0 Å². The smallest absolute Gasteiger partial charge is 0.308 e. The molecule has 0 saturated heterocycles. The number of nitrogens with zero attached hydrogens (tertiary/aromatic N) is 1. The highest BCUT2D eigenvalue weighted by molar-refractivity contribution is 7.10. The molecule has 1 aromatic carbocycles. The van der Waals surface area contributed by atoms with Crippen LogP contribution in [-0.4, -0.2) is 25.1 Å². The normalized spacial score (nSPS) is 16.0. The number of furan rings is 1. The molecule has 0 fully saturated rings. The third-order valence-corrected chi connectivity index (χ3v) is 5.27. The summed E-state index contributed by atoms with van der Waals surface area (Å²) in [5.74, 6) is 1.33. The van der Waals surface area contributed by atoms with Crippen LogP contribution in [0.5, 0.6) is 11.5 Å². The van der Waals surface area contributed by atoms with E-state index in [-0.39, 0.29) is 17.7 Å². The Hall–Kier alpha value is -3.19. The second-order valence-electron chi connectivity index (χ2n) is 5.87. The number of thiophene rings is 1. The van der Waals surface area contributed by atoms with Crippen molar-refractivity contribution in [3.63, 3.8) is 0 Å². The van der Waals surface area contributed by atoms with E-state index in [0.717, 1.165) is 16.1 Å². The highest BCUT2D eigenvalue weighted by Gasteiger charge is 2.33. The zero-order valence-corrected chi connectivity index (χ0v) is 15.7. The van der Waals surface area contributed by atoms with Crippen LogP contribution in [-0.2, 0) is 0 Å². The van der Waals surface area contributed by atoms with Crippen molar-refractivity contribution in [3.8, 4) is 11.5 Å². The van der Waals surface area contributed by atoms with Crippen molar-refractivity contribution in [1.29, 1.82) is 0 Å². The van der Waals surface area contributed by atoms with Gasteiger partial charge in [-0.3, -0.25) is 10.2 Å². The van der Waals surface area contributed by atoms with E-state index in [4.69, 9.17) is 13.9 Å². The van der Waals surface area contributed by atoms with E-state index < -0.39 is 0 Å². The lowest BCUT2D eigenvalue weighted by Gasteiger charge is -2.23. The van der Waals surface area contributed by atoms with Crippen LogP contribution in [0.4, 0.5) is 0 Å². The van der Waals surface area contributed by atoms with Crippen LogP contribution >= 0.6 is 11.3 Å². The Kier molecular flexibility index (Phi) is 4.60. The summed E-state index contributed by atoms with van der Waals surface area (Å²) >= 11 is 1.60. The van der Waals surface area contributed by atoms with Crippen LogP contribution < -0.4 is 14.9 Å². The van der Waals surface area contributed by atoms with Crippen molar-refractivity contribution in [2.24, 2.45) is 0 Å². The second kappa shape index (κ2) is 7.20. The van der Waals surface area contributed by atoms with Gasteiger partial charge in [-0.05, 0) is 47.9 Å². The van der Waals surface area contributed by atoms with Crippen molar-refractivity contribution in [2.45, 2.75) is 6.04 Å². The molecule has 138 valence electrons. The maximum Gasteiger partial charge on any atom is 0.308 e. The fraction of sp³-hybridized carbons (Fsp3) is 0.150. The van der Waals surface area contributed by atoms with Gasteiger partial charge in [0.05, 0.1) is 26.2 Å². The summed E-state index contributed by atoms with van der Waals surface area (Å²) in [6.45, 7) is 0. The monoisotopic (exact) mass is 382 g/mol. The lowest BCUT2D eigenvalue weighted by Crippen LogP contribution is -2.39. The van der Waals surface area contributed by atoms with Crippen molar-refractivity contribution < 1.29 is 18.7 Å². The highest BCUT2D eigenvalue weighted by atomic mass is 32.1. The number of hydrogen-bond donors (Lipinski definition) is 1. The van der Waals surface area contributed by atoms with Crippen molar-refractivity contribution in [3.05, 3.63) is 76.4 Å². The summed E-state index contributed by atoms with van der Waals surface area (Å²) in [5.41, 5.74) is 4.92. The summed E-state index contributed by atoms with van der Waals surface area (Å²) in [4.78, 5) is 14.0. The molecule has 7 heteroatoms. The fourth-order valence-electron chi connectivity index (χ4n) is 3.00. The predicted octanol–water partition coefficient (Wildman–Crippen LogP) is 4.10. The molecule has 1 amide bonds. The molecule has 0 bridgehead atoms. The number of methoxy groups -OCH3 is 2. The first-order valence-corrected chi connectivity index (χ1v) is 9.20. The molecule has 0 radical (unpaired) electrons. The highest BCUT2D eigenvalue weighted by Crippen LogP contribution is 2.37. The Bertz CT molecular complexity index is 964. The van der Waals surface area contributed by atoms with Crippen LogP contribution in [0.1, 0.15) is 27.0 Å². The molecule has 1 aliphatic heterocycles. The summed E-state index contributed by atoms with van der Waals surface area (Å²) in [5, 5.41) is 3.57. The lowest BCUT2D eigenvalue weighted by molar-refractivity contribution is 0.0642. The van der Waals surface area contributed by atoms with E-state index >= 15 is 0 Å². The summed E-state index contributed by atoms with van der Waals surface area (Å²) in [6, 6.07) is 12.7. The number of benzene rings is 1. The van der Waals surface area contributed by atoms with Gasteiger partial charge in [0.25, 0.3) is 0 Å². The third kappa shape index (κ3) is 3.17. The molecule has 1 atom stereocenters. The zero-order chi connectivity index (χ0) is 18.8. The standard InChI is InChI=1S/C20H18N2O4S/c1-24-16-8-7-13(11-18(16)25-2)14-12-15(19-6-4-10-27-19)22(21-14)20(23)17-5-3-9-26-17/h3-12,15,21H,1-2H3/t15-/m0/s1. The van der Waals surface area contributed by atoms with E-state index in [9.17, 15) is 4.79 Å². The molecule has 4 rings (SSSR count). The molecule has 3 aromatic rings. The van der Waals surface area contributed by atoms with E-state index in [0.29, 0.717) is 11.5 Å². The lowest BCUT2D eigenvalue weighted by atomic mass is 10.1. The van der Waals surface area contributed by atoms with Crippen LogP contribution in [0.25, 0.3) is 5.70 Å². The molecule has 1 N–H and O–H groups in total. The van der Waals surface area contributed by atoms with Crippen LogP contribution in [0.3, 0.4) is 0 Å². The first kappa shape index (κ1) is 17.2. The van der Waals surface area contributed by atoms with Gasteiger partial charge < -0.3 is 13.9 Å². The van der Waals surface area contributed by atoms with Gasteiger partial charge in [-0.15, -0.1) is 11.3 Å². The Labute approximate surface area is 160 Å². The molecule has 0 spiro atoms. The van der Waals surface area contributed by atoms with Crippen molar-refractivity contribution >= 4 is 22.9 Å². The van der Waals surface area contributed by atoms with Gasteiger partial charge in [-0.1, -0.05) is 6.07 Å². The Morgan fingerprint density at radius 2 is 2.00 bits per heavy atom. The molecule has 0 unspecified atom stereocenters. The molecule has 6 nitrogen and oxygen atoms in total. The minimum atomic E-state index is -0.231. The number of hydrogen-bond acceptors (Lipinski definition) is 6. The number of amides is 1. The number of hydrazine groups is 1. The number of rotatable bonds is 5. The topological polar surface area (TPSA) is 63.9 Å². The first-order chi connectivity index (χ1) is 13.2. The van der Waals surface area contributed by atoms with Gasteiger partial charge in [0, 0.05) is 10.4 Å². The molecule has 0 saturated carbocycles. The largest absolute Gasteiger partial charge is 0.493 e. The fourth-order valence-corrected chi connectivity index (χ4v) is 3.78. The number of nitrogens with one attached hydrogen (secondary N) is 1.